The third-order valence-electron chi connectivity index (χ3n) is 3.15. The molecular formula is C12H13FN2O3S. The van der Waals surface area contributed by atoms with Crippen molar-refractivity contribution in [3.63, 3.8) is 0 Å². The molecule has 0 heterocycles. The number of hydrogen-bond donors (Lipinski definition) is 2. The molecule has 0 aromatic heterocycles. The zero-order chi connectivity index (χ0) is 14.0. The summed E-state index contributed by atoms with van der Waals surface area (Å²) < 4.78 is 39.7. The van der Waals surface area contributed by atoms with Gasteiger partial charge in [0.25, 0.3) is 0 Å². The number of hydrogen-bond acceptors (Lipinski definition) is 4. The number of sulfonamides is 1. The van der Waals surface area contributed by atoms with Crippen LogP contribution in [0, 0.1) is 23.1 Å². The monoisotopic (exact) mass is 284 g/mol. The lowest BCUT2D eigenvalue weighted by Crippen LogP contribution is -2.38. The maximum Gasteiger partial charge on any atom is 0.242 e. The Labute approximate surface area is 110 Å². The molecule has 0 unspecified atom stereocenters. The standard InChI is InChI=1S/C12H13FN2O3S/c13-11-2-1-3-12(10(11)6-14)19(17,18)15-7-8-4-9(16)5-8/h1-3,8-9,15-16H,4-5,7H2. The lowest BCUT2D eigenvalue weighted by atomic mass is 9.83. The van der Waals surface area contributed by atoms with Crippen LogP contribution in [0.25, 0.3) is 0 Å². The molecule has 0 amide bonds. The molecule has 7 heteroatoms. The second-order valence-corrected chi connectivity index (χ2v) is 6.30. The summed E-state index contributed by atoms with van der Waals surface area (Å²) in [6, 6.07) is 5.04. The topological polar surface area (TPSA) is 90.2 Å². The van der Waals surface area contributed by atoms with Crippen molar-refractivity contribution >= 4 is 10.0 Å². The maximum atomic E-state index is 13.4. The van der Waals surface area contributed by atoms with Crippen LogP contribution in [0.5, 0.6) is 0 Å². The molecule has 2 N–H and O–H groups in total. The van der Waals surface area contributed by atoms with Crippen LogP contribution in [-0.4, -0.2) is 26.2 Å². The molecule has 1 aliphatic carbocycles. The highest BCUT2D eigenvalue weighted by atomic mass is 32.2. The fraction of sp³-hybridized carbons (Fsp3) is 0.417. The first kappa shape index (κ1) is 13.9. The van der Waals surface area contributed by atoms with E-state index in [1.807, 2.05) is 0 Å². The number of nitrogens with zero attached hydrogens (tertiary/aromatic N) is 1. The Bertz CT molecular complexity index is 618. The minimum atomic E-state index is -3.91. The highest BCUT2D eigenvalue weighted by molar-refractivity contribution is 7.89. The van der Waals surface area contributed by atoms with Crippen molar-refractivity contribution in [2.24, 2.45) is 5.92 Å². The second kappa shape index (κ2) is 5.25. The van der Waals surface area contributed by atoms with Crippen LogP contribution in [0.2, 0.25) is 0 Å². The molecule has 1 saturated carbocycles. The number of aliphatic hydroxyl groups is 1. The van der Waals surface area contributed by atoms with E-state index in [1.165, 1.54) is 12.1 Å². The summed E-state index contributed by atoms with van der Waals surface area (Å²) in [5, 5.41) is 17.9. The number of benzene rings is 1. The number of nitrogens with one attached hydrogen (secondary N) is 1. The van der Waals surface area contributed by atoms with Gasteiger partial charge < -0.3 is 5.11 Å². The van der Waals surface area contributed by atoms with Crippen molar-refractivity contribution in [2.45, 2.75) is 23.8 Å². The molecule has 1 aliphatic rings. The van der Waals surface area contributed by atoms with Crippen molar-refractivity contribution in [3.05, 3.63) is 29.6 Å². The molecule has 1 aromatic rings. The van der Waals surface area contributed by atoms with Crippen LogP contribution in [0.1, 0.15) is 18.4 Å². The van der Waals surface area contributed by atoms with E-state index in [-0.39, 0.29) is 23.5 Å². The lowest BCUT2D eigenvalue weighted by Gasteiger charge is -2.31. The van der Waals surface area contributed by atoms with E-state index in [9.17, 15) is 12.8 Å². The molecule has 0 aliphatic heterocycles. The first-order valence-corrected chi connectivity index (χ1v) is 7.28. The van der Waals surface area contributed by atoms with Gasteiger partial charge in [-0.25, -0.2) is 17.5 Å². The fourth-order valence-corrected chi connectivity index (χ4v) is 3.29. The Morgan fingerprint density at radius 1 is 1.47 bits per heavy atom. The van der Waals surface area contributed by atoms with Gasteiger partial charge in [0.05, 0.1) is 6.10 Å². The van der Waals surface area contributed by atoms with Gasteiger partial charge in [-0.1, -0.05) is 6.07 Å². The first-order chi connectivity index (χ1) is 8.94. The predicted octanol–water partition coefficient (Wildman–Crippen LogP) is 0.747. The van der Waals surface area contributed by atoms with E-state index in [2.05, 4.69) is 4.72 Å². The largest absolute Gasteiger partial charge is 0.393 e. The highest BCUT2D eigenvalue weighted by Gasteiger charge is 2.29. The van der Waals surface area contributed by atoms with Crippen molar-refractivity contribution < 1.29 is 17.9 Å². The normalized spacial score (nSPS) is 22.6. The van der Waals surface area contributed by atoms with Crippen molar-refractivity contribution in [2.75, 3.05) is 6.54 Å². The van der Waals surface area contributed by atoms with Crippen LogP contribution in [0.4, 0.5) is 4.39 Å². The Hall–Kier alpha value is -1.49. The molecule has 1 aromatic carbocycles. The van der Waals surface area contributed by atoms with E-state index >= 15 is 0 Å². The molecule has 102 valence electrons. The summed E-state index contributed by atoms with van der Waals surface area (Å²) in [5.74, 6) is -0.770. The van der Waals surface area contributed by atoms with Crippen LogP contribution >= 0.6 is 0 Å². The third-order valence-corrected chi connectivity index (χ3v) is 4.62. The average molecular weight is 284 g/mol. The van der Waals surface area contributed by atoms with Gasteiger partial charge in [-0.05, 0) is 30.9 Å². The zero-order valence-electron chi connectivity index (χ0n) is 10.0. The van der Waals surface area contributed by atoms with Crippen LogP contribution < -0.4 is 4.72 Å². The van der Waals surface area contributed by atoms with Crippen molar-refractivity contribution in [1.82, 2.24) is 4.72 Å². The second-order valence-electron chi connectivity index (χ2n) is 4.57. The van der Waals surface area contributed by atoms with E-state index in [0.29, 0.717) is 12.8 Å². The summed E-state index contributed by atoms with van der Waals surface area (Å²) >= 11 is 0. The Morgan fingerprint density at radius 3 is 2.74 bits per heavy atom. The van der Waals surface area contributed by atoms with Gasteiger partial charge >= 0.3 is 0 Å². The molecule has 0 radical (unpaired) electrons. The van der Waals surface area contributed by atoms with Gasteiger partial charge in [-0.3, -0.25) is 0 Å². The van der Waals surface area contributed by atoms with E-state index < -0.39 is 21.4 Å². The molecule has 0 spiro atoms. The summed E-state index contributed by atoms with van der Waals surface area (Å²) in [6.07, 6.45) is 0.742. The van der Waals surface area contributed by atoms with Gasteiger partial charge in [0.1, 0.15) is 22.3 Å². The number of halogens is 1. The van der Waals surface area contributed by atoms with Gasteiger partial charge in [0.15, 0.2) is 0 Å². The summed E-state index contributed by atoms with van der Waals surface area (Å²) in [5.41, 5.74) is -0.483. The van der Waals surface area contributed by atoms with Crippen molar-refractivity contribution in [3.8, 4) is 6.07 Å². The van der Waals surface area contributed by atoms with E-state index in [4.69, 9.17) is 10.4 Å². The van der Waals surface area contributed by atoms with Crippen molar-refractivity contribution in [1.29, 1.82) is 5.26 Å². The quantitative estimate of drug-likeness (QED) is 0.853. The molecule has 2 rings (SSSR count). The van der Waals surface area contributed by atoms with Gasteiger partial charge in [0, 0.05) is 6.54 Å². The Morgan fingerprint density at radius 2 is 2.16 bits per heavy atom. The minimum Gasteiger partial charge on any atom is -0.393 e. The van der Waals surface area contributed by atoms with Crippen LogP contribution in [0.15, 0.2) is 23.1 Å². The smallest absolute Gasteiger partial charge is 0.242 e. The first-order valence-electron chi connectivity index (χ1n) is 5.80. The van der Waals surface area contributed by atoms with Crippen LogP contribution in [0.3, 0.4) is 0 Å². The van der Waals surface area contributed by atoms with E-state index in [0.717, 1.165) is 6.07 Å². The molecule has 19 heavy (non-hydrogen) atoms. The summed E-state index contributed by atoms with van der Waals surface area (Å²) in [7, 11) is -3.91. The van der Waals surface area contributed by atoms with E-state index in [1.54, 1.807) is 6.07 Å². The highest BCUT2D eigenvalue weighted by Crippen LogP contribution is 2.27. The molecule has 5 nitrogen and oxygen atoms in total. The number of nitriles is 1. The molecule has 1 fully saturated rings. The van der Waals surface area contributed by atoms with Gasteiger partial charge in [-0.15, -0.1) is 0 Å². The lowest BCUT2D eigenvalue weighted by molar-refractivity contribution is 0.0453. The summed E-state index contributed by atoms with van der Waals surface area (Å²) in [4.78, 5) is -0.352. The minimum absolute atomic E-state index is 0.0869. The predicted molar refractivity (Wildman–Crippen MR) is 65.0 cm³/mol. The van der Waals surface area contributed by atoms with Crippen LogP contribution in [-0.2, 0) is 10.0 Å². The fourth-order valence-electron chi connectivity index (χ4n) is 2.01. The van der Waals surface area contributed by atoms with Gasteiger partial charge in [0.2, 0.25) is 10.0 Å². The average Bonchev–Trinajstić information content (AvgIpc) is 2.33. The SMILES string of the molecule is N#Cc1c(F)cccc1S(=O)(=O)NCC1CC(O)C1. The Balaban J connectivity index is 2.16. The zero-order valence-corrected chi connectivity index (χ0v) is 10.8. The number of aliphatic hydroxyl groups excluding tert-OH is 1. The Kier molecular flexibility index (Phi) is 3.85. The molecule has 0 atom stereocenters. The number of rotatable bonds is 4. The molecule has 0 saturated heterocycles. The maximum absolute atomic E-state index is 13.4. The molecular weight excluding hydrogens is 271 g/mol. The van der Waals surface area contributed by atoms with Gasteiger partial charge in [-0.2, -0.15) is 5.26 Å². The third kappa shape index (κ3) is 2.92. The summed E-state index contributed by atoms with van der Waals surface area (Å²) in [6.45, 7) is 0.181. The molecule has 0 bridgehead atoms.